The lowest BCUT2D eigenvalue weighted by Gasteiger charge is -2.22. The Labute approximate surface area is 101 Å². The Bertz CT molecular complexity index is 351. The first-order valence-electron chi connectivity index (χ1n) is 5.01. The highest BCUT2D eigenvalue weighted by atomic mass is 32.1. The van der Waals surface area contributed by atoms with Crippen molar-refractivity contribution in [2.24, 2.45) is 5.73 Å². The number of nitrogens with zero attached hydrogens (tertiary/aromatic N) is 2. The molecule has 3 N–H and O–H groups in total. The molecule has 1 aromatic rings. The molecule has 0 amide bonds. The van der Waals surface area contributed by atoms with E-state index in [1.807, 2.05) is 43.3 Å². The van der Waals surface area contributed by atoms with E-state index in [9.17, 15) is 0 Å². The maximum atomic E-state index is 8.92. The summed E-state index contributed by atoms with van der Waals surface area (Å²) in [6.45, 7) is 0.434. The summed E-state index contributed by atoms with van der Waals surface area (Å²) in [6, 6.07) is 7.84. The van der Waals surface area contributed by atoms with Gasteiger partial charge >= 0.3 is 0 Å². The highest BCUT2D eigenvalue weighted by molar-refractivity contribution is 7.80. The van der Waals surface area contributed by atoms with Gasteiger partial charge in [-0.05, 0) is 36.5 Å². The molecule has 0 bridgehead atoms. The van der Waals surface area contributed by atoms with Crippen molar-refractivity contribution in [3.63, 3.8) is 0 Å². The number of aliphatic hydroxyl groups excluding tert-OH is 1. The van der Waals surface area contributed by atoms with Crippen LogP contribution < -0.4 is 15.5 Å². The van der Waals surface area contributed by atoms with Gasteiger partial charge in [0.25, 0.3) is 0 Å². The lowest BCUT2D eigenvalue weighted by atomic mass is 10.2. The van der Waals surface area contributed by atoms with Crippen LogP contribution in [0.4, 0.5) is 11.4 Å². The summed E-state index contributed by atoms with van der Waals surface area (Å²) < 4.78 is 0. The third-order valence-electron chi connectivity index (χ3n) is 2.27. The van der Waals surface area contributed by atoms with Crippen LogP contribution in [-0.4, -0.2) is 37.5 Å². The van der Waals surface area contributed by atoms with Gasteiger partial charge in [0, 0.05) is 32.0 Å². The highest BCUT2D eigenvalue weighted by Crippen LogP contribution is 2.19. The van der Waals surface area contributed by atoms with Crippen LogP contribution in [0.1, 0.15) is 0 Å². The van der Waals surface area contributed by atoms with Gasteiger partial charge in [-0.3, -0.25) is 0 Å². The van der Waals surface area contributed by atoms with Gasteiger partial charge in [0.1, 0.15) is 0 Å². The first kappa shape index (κ1) is 12.7. The third kappa shape index (κ3) is 3.08. The molecule has 0 unspecified atom stereocenters. The van der Waals surface area contributed by atoms with E-state index in [2.05, 4.69) is 0 Å². The number of aliphatic hydroxyl groups is 1. The number of hydrogen-bond acceptors (Lipinski definition) is 3. The largest absolute Gasteiger partial charge is 0.395 e. The first-order chi connectivity index (χ1) is 7.56. The molecule has 1 rings (SSSR count). The summed E-state index contributed by atoms with van der Waals surface area (Å²) in [7, 11) is 3.96. The normalized spacial score (nSPS) is 9.94. The smallest absolute Gasteiger partial charge is 0.170 e. The number of rotatable bonds is 4. The molecule has 0 heterocycles. The predicted molar refractivity (Wildman–Crippen MR) is 72.0 cm³/mol. The Hall–Kier alpha value is -1.33. The number of anilines is 2. The van der Waals surface area contributed by atoms with Crippen molar-refractivity contribution >= 4 is 28.7 Å². The molecular weight excluding hydrogens is 222 g/mol. The molecule has 0 fully saturated rings. The van der Waals surface area contributed by atoms with Crippen molar-refractivity contribution in [3.8, 4) is 0 Å². The quantitative estimate of drug-likeness (QED) is 0.761. The zero-order valence-electron chi connectivity index (χ0n) is 9.55. The van der Waals surface area contributed by atoms with E-state index in [0.717, 1.165) is 11.4 Å². The first-order valence-corrected chi connectivity index (χ1v) is 5.42. The van der Waals surface area contributed by atoms with Crippen LogP contribution in [-0.2, 0) is 0 Å². The molecule has 0 aliphatic carbocycles. The molecule has 0 saturated carbocycles. The van der Waals surface area contributed by atoms with Gasteiger partial charge in [0.15, 0.2) is 5.11 Å². The van der Waals surface area contributed by atoms with E-state index in [1.165, 1.54) is 0 Å². The molecule has 0 spiro atoms. The summed E-state index contributed by atoms with van der Waals surface area (Å²) in [5, 5.41) is 9.19. The minimum Gasteiger partial charge on any atom is -0.395 e. The average molecular weight is 239 g/mol. The zero-order chi connectivity index (χ0) is 12.1. The summed E-state index contributed by atoms with van der Waals surface area (Å²) >= 11 is 4.93. The van der Waals surface area contributed by atoms with Crippen LogP contribution in [0.5, 0.6) is 0 Å². The van der Waals surface area contributed by atoms with Crippen molar-refractivity contribution in [2.45, 2.75) is 0 Å². The van der Waals surface area contributed by atoms with Crippen LogP contribution in [0.25, 0.3) is 0 Å². The molecule has 16 heavy (non-hydrogen) atoms. The topological polar surface area (TPSA) is 52.7 Å². The van der Waals surface area contributed by atoms with Gasteiger partial charge in [0.05, 0.1) is 6.61 Å². The van der Waals surface area contributed by atoms with Crippen LogP contribution in [0.2, 0.25) is 0 Å². The fourth-order valence-corrected chi connectivity index (χ4v) is 1.59. The highest BCUT2D eigenvalue weighted by Gasteiger charge is 2.08. The fourth-order valence-electron chi connectivity index (χ4n) is 1.40. The van der Waals surface area contributed by atoms with Gasteiger partial charge < -0.3 is 20.6 Å². The number of nitrogens with two attached hydrogens (primary N) is 1. The molecule has 0 radical (unpaired) electrons. The van der Waals surface area contributed by atoms with Crippen LogP contribution in [0, 0.1) is 0 Å². The number of thiocarbonyl (C=S) groups is 1. The Morgan fingerprint density at radius 1 is 1.25 bits per heavy atom. The summed E-state index contributed by atoms with van der Waals surface area (Å²) in [4.78, 5) is 3.72. The Kier molecular flexibility index (Phi) is 4.52. The van der Waals surface area contributed by atoms with E-state index < -0.39 is 0 Å². The Balaban J connectivity index is 2.89. The van der Waals surface area contributed by atoms with Gasteiger partial charge in [-0.15, -0.1) is 0 Å². The second kappa shape index (κ2) is 5.67. The van der Waals surface area contributed by atoms with E-state index in [-0.39, 0.29) is 11.7 Å². The number of hydrogen-bond donors (Lipinski definition) is 2. The maximum Gasteiger partial charge on any atom is 0.170 e. The maximum absolute atomic E-state index is 8.92. The van der Waals surface area contributed by atoms with Crippen LogP contribution in [0.3, 0.4) is 0 Å². The predicted octanol–water partition coefficient (Wildman–Crippen LogP) is 0.795. The van der Waals surface area contributed by atoms with Crippen molar-refractivity contribution < 1.29 is 5.11 Å². The second-order valence-corrected chi connectivity index (χ2v) is 4.04. The summed E-state index contributed by atoms with van der Waals surface area (Å²) in [5.41, 5.74) is 7.59. The summed E-state index contributed by atoms with van der Waals surface area (Å²) in [6.07, 6.45) is 0. The summed E-state index contributed by atoms with van der Waals surface area (Å²) in [5.74, 6) is 0. The molecule has 0 aliphatic heterocycles. The molecule has 88 valence electrons. The molecule has 4 nitrogen and oxygen atoms in total. The van der Waals surface area contributed by atoms with E-state index in [1.54, 1.807) is 4.90 Å². The lowest BCUT2D eigenvalue weighted by molar-refractivity contribution is 0.306. The zero-order valence-corrected chi connectivity index (χ0v) is 10.4. The van der Waals surface area contributed by atoms with Crippen molar-refractivity contribution in [3.05, 3.63) is 24.3 Å². The van der Waals surface area contributed by atoms with Crippen molar-refractivity contribution in [2.75, 3.05) is 37.0 Å². The lowest BCUT2D eigenvalue weighted by Crippen LogP contribution is -2.37. The SMILES string of the molecule is CN(C)c1ccc(N(CCO)C(N)=S)cc1. The molecule has 5 heteroatoms. The second-order valence-electron chi connectivity index (χ2n) is 3.62. The minimum absolute atomic E-state index is 0.0206. The van der Waals surface area contributed by atoms with Gasteiger partial charge in [-0.1, -0.05) is 0 Å². The average Bonchev–Trinajstić information content (AvgIpc) is 2.25. The molecule has 0 aliphatic rings. The monoisotopic (exact) mass is 239 g/mol. The molecule has 1 aromatic carbocycles. The Morgan fingerprint density at radius 2 is 1.75 bits per heavy atom. The van der Waals surface area contributed by atoms with Crippen LogP contribution in [0.15, 0.2) is 24.3 Å². The van der Waals surface area contributed by atoms with E-state index >= 15 is 0 Å². The molecule has 0 aromatic heterocycles. The van der Waals surface area contributed by atoms with Gasteiger partial charge in [-0.25, -0.2) is 0 Å². The van der Waals surface area contributed by atoms with Gasteiger partial charge in [0.2, 0.25) is 0 Å². The minimum atomic E-state index is 0.0206. The van der Waals surface area contributed by atoms with Crippen molar-refractivity contribution in [1.82, 2.24) is 0 Å². The van der Waals surface area contributed by atoms with Crippen molar-refractivity contribution in [1.29, 1.82) is 0 Å². The molecular formula is C11H17N3OS. The third-order valence-corrected chi connectivity index (χ3v) is 2.49. The van der Waals surface area contributed by atoms with Gasteiger partial charge in [-0.2, -0.15) is 0 Å². The number of benzene rings is 1. The van der Waals surface area contributed by atoms with Crippen LogP contribution >= 0.6 is 12.2 Å². The molecule has 0 atom stereocenters. The van der Waals surface area contributed by atoms with E-state index in [0.29, 0.717) is 6.54 Å². The standard InChI is InChI=1S/C11H17N3OS/c1-13(2)9-3-5-10(6-4-9)14(7-8-15)11(12)16/h3-6,15H,7-8H2,1-2H3,(H2,12,16). The molecule has 0 saturated heterocycles. The van der Waals surface area contributed by atoms with E-state index in [4.69, 9.17) is 23.1 Å². The fraction of sp³-hybridized carbons (Fsp3) is 0.364. The Morgan fingerprint density at radius 3 is 2.12 bits per heavy atom.